The zero-order valence-electron chi connectivity index (χ0n) is 8.57. The summed E-state index contributed by atoms with van der Waals surface area (Å²) in [5, 5.41) is 2.65. The van der Waals surface area contributed by atoms with Crippen LogP contribution in [-0.2, 0) is 4.79 Å². The van der Waals surface area contributed by atoms with Gasteiger partial charge in [-0.15, -0.1) is 0 Å². The van der Waals surface area contributed by atoms with Crippen molar-refractivity contribution in [2.45, 2.75) is 19.9 Å². The first-order valence-electron chi connectivity index (χ1n) is 4.55. The molecule has 0 aliphatic heterocycles. The number of nitrogens with zero attached hydrogens (tertiary/aromatic N) is 2. The minimum Gasteiger partial charge on any atom is -0.320 e. The molecule has 1 aromatic heterocycles. The van der Waals surface area contributed by atoms with Crippen molar-refractivity contribution in [2.24, 2.45) is 11.7 Å². The average molecular weight is 229 g/mol. The molecule has 0 aliphatic rings. The number of hydrogen-bond donors (Lipinski definition) is 2. The third kappa shape index (κ3) is 3.45. The molecule has 3 N–H and O–H groups in total. The maximum absolute atomic E-state index is 11.5. The predicted molar refractivity (Wildman–Crippen MR) is 58.5 cm³/mol. The van der Waals surface area contributed by atoms with Gasteiger partial charge in [-0.2, -0.15) is 0 Å². The molecule has 0 saturated carbocycles. The maximum Gasteiger partial charge on any atom is 0.242 e. The summed E-state index contributed by atoms with van der Waals surface area (Å²) < 4.78 is 0. The summed E-state index contributed by atoms with van der Waals surface area (Å²) >= 11 is 5.57. The Morgan fingerprint density at radius 3 is 2.80 bits per heavy atom. The number of aromatic nitrogens is 2. The lowest BCUT2D eigenvalue weighted by Gasteiger charge is -2.14. The van der Waals surface area contributed by atoms with Gasteiger partial charge in [-0.3, -0.25) is 4.79 Å². The van der Waals surface area contributed by atoms with Crippen LogP contribution in [0.1, 0.15) is 13.8 Å². The van der Waals surface area contributed by atoms with Crippen LogP contribution < -0.4 is 11.1 Å². The van der Waals surface area contributed by atoms with Crippen LogP contribution in [0.5, 0.6) is 0 Å². The molecule has 0 radical (unpaired) electrons. The Balaban J connectivity index is 2.66. The second kappa shape index (κ2) is 5.04. The highest BCUT2D eigenvalue weighted by atomic mass is 35.5. The Labute approximate surface area is 93.0 Å². The predicted octanol–water partition coefficient (Wildman–Crippen LogP) is 1.05. The van der Waals surface area contributed by atoms with Crippen LogP contribution >= 0.6 is 11.6 Å². The molecule has 0 aromatic carbocycles. The second-order valence-corrected chi connectivity index (χ2v) is 3.81. The number of rotatable bonds is 3. The number of carbonyl (C=O) groups excluding carboxylic acids is 1. The Morgan fingerprint density at radius 1 is 1.60 bits per heavy atom. The molecular formula is C9H13ClN4O. The number of amides is 1. The van der Waals surface area contributed by atoms with E-state index in [1.807, 2.05) is 13.8 Å². The molecule has 1 aromatic rings. The number of nitrogens with one attached hydrogen (secondary N) is 1. The minimum absolute atomic E-state index is 0.0716. The topological polar surface area (TPSA) is 80.9 Å². The lowest BCUT2D eigenvalue weighted by atomic mass is 10.1. The third-order valence-electron chi connectivity index (χ3n) is 1.90. The summed E-state index contributed by atoms with van der Waals surface area (Å²) in [5.41, 5.74) is 5.66. The lowest BCUT2D eigenvalue weighted by Crippen LogP contribution is -2.39. The minimum atomic E-state index is -0.557. The number of carbonyl (C=O) groups is 1. The van der Waals surface area contributed by atoms with Crippen molar-refractivity contribution in [3.05, 3.63) is 17.5 Å². The van der Waals surface area contributed by atoms with E-state index in [1.54, 1.807) is 6.07 Å². The van der Waals surface area contributed by atoms with Gasteiger partial charge in [0.2, 0.25) is 11.2 Å². The van der Waals surface area contributed by atoms with E-state index in [1.165, 1.54) is 6.20 Å². The number of anilines is 1. The van der Waals surface area contributed by atoms with Crippen molar-refractivity contribution in [3.8, 4) is 0 Å². The van der Waals surface area contributed by atoms with Gasteiger partial charge in [0, 0.05) is 6.20 Å². The van der Waals surface area contributed by atoms with E-state index in [2.05, 4.69) is 15.3 Å². The molecule has 15 heavy (non-hydrogen) atoms. The normalized spacial score (nSPS) is 12.6. The van der Waals surface area contributed by atoms with Gasteiger partial charge in [-0.05, 0) is 23.6 Å². The fourth-order valence-electron chi connectivity index (χ4n) is 0.917. The van der Waals surface area contributed by atoms with E-state index in [9.17, 15) is 4.79 Å². The highest BCUT2D eigenvalue weighted by Crippen LogP contribution is 2.07. The largest absolute Gasteiger partial charge is 0.320 e. The molecule has 1 heterocycles. The molecule has 1 amide bonds. The molecular weight excluding hydrogens is 216 g/mol. The van der Waals surface area contributed by atoms with Crippen LogP contribution in [0.4, 0.5) is 5.82 Å². The van der Waals surface area contributed by atoms with Gasteiger partial charge in [-0.1, -0.05) is 13.8 Å². The van der Waals surface area contributed by atoms with Crippen LogP contribution in [0.25, 0.3) is 0 Å². The van der Waals surface area contributed by atoms with Gasteiger partial charge in [0.1, 0.15) is 5.82 Å². The van der Waals surface area contributed by atoms with Crippen molar-refractivity contribution in [1.82, 2.24) is 9.97 Å². The van der Waals surface area contributed by atoms with Gasteiger partial charge < -0.3 is 11.1 Å². The number of halogens is 1. The third-order valence-corrected chi connectivity index (χ3v) is 2.08. The van der Waals surface area contributed by atoms with E-state index in [0.717, 1.165) is 0 Å². The van der Waals surface area contributed by atoms with Gasteiger partial charge in [0.15, 0.2) is 0 Å². The van der Waals surface area contributed by atoms with Crippen molar-refractivity contribution in [3.63, 3.8) is 0 Å². The van der Waals surface area contributed by atoms with Crippen LogP contribution in [0.15, 0.2) is 12.3 Å². The monoisotopic (exact) mass is 228 g/mol. The fourth-order valence-corrected chi connectivity index (χ4v) is 1.06. The lowest BCUT2D eigenvalue weighted by molar-refractivity contribution is -0.118. The van der Waals surface area contributed by atoms with Crippen LogP contribution in [0.3, 0.4) is 0 Å². The van der Waals surface area contributed by atoms with Crippen molar-refractivity contribution >= 4 is 23.3 Å². The standard InChI is InChI=1S/C9H13ClN4O/c1-5(2)7(11)8(15)13-6-3-4-12-9(10)14-6/h3-5,7H,11H2,1-2H3,(H,12,13,14,15). The summed E-state index contributed by atoms with van der Waals surface area (Å²) in [4.78, 5) is 19.0. The van der Waals surface area contributed by atoms with Crippen molar-refractivity contribution in [2.75, 3.05) is 5.32 Å². The fraction of sp³-hybridized carbons (Fsp3) is 0.444. The van der Waals surface area contributed by atoms with E-state index in [-0.39, 0.29) is 17.1 Å². The molecule has 0 aliphatic carbocycles. The van der Waals surface area contributed by atoms with E-state index in [0.29, 0.717) is 5.82 Å². The molecule has 0 saturated heterocycles. The quantitative estimate of drug-likeness (QED) is 0.758. The molecule has 1 rings (SSSR count). The van der Waals surface area contributed by atoms with E-state index in [4.69, 9.17) is 17.3 Å². The van der Waals surface area contributed by atoms with Crippen LogP contribution in [-0.4, -0.2) is 21.9 Å². The van der Waals surface area contributed by atoms with Gasteiger partial charge in [0.05, 0.1) is 6.04 Å². The number of hydrogen-bond acceptors (Lipinski definition) is 4. The second-order valence-electron chi connectivity index (χ2n) is 3.47. The summed E-state index contributed by atoms with van der Waals surface area (Å²) in [6.45, 7) is 3.74. The Bertz CT molecular complexity index is 356. The summed E-state index contributed by atoms with van der Waals surface area (Å²) in [6, 6.07) is 0.996. The summed E-state index contributed by atoms with van der Waals surface area (Å²) in [6.07, 6.45) is 1.46. The van der Waals surface area contributed by atoms with Gasteiger partial charge >= 0.3 is 0 Å². The van der Waals surface area contributed by atoms with Crippen LogP contribution in [0, 0.1) is 5.92 Å². The average Bonchev–Trinajstić information content (AvgIpc) is 2.16. The molecule has 0 spiro atoms. The van der Waals surface area contributed by atoms with Gasteiger partial charge in [0.25, 0.3) is 0 Å². The molecule has 6 heteroatoms. The highest BCUT2D eigenvalue weighted by Gasteiger charge is 2.17. The zero-order valence-corrected chi connectivity index (χ0v) is 9.32. The van der Waals surface area contributed by atoms with Crippen LogP contribution in [0.2, 0.25) is 5.28 Å². The smallest absolute Gasteiger partial charge is 0.242 e. The summed E-state index contributed by atoms with van der Waals surface area (Å²) in [7, 11) is 0. The molecule has 0 fully saturated rings. The van der Waals surface area contributed by atoms with Crippen molar-refractivity contribution in [1.29, 1.82) is 0 Å². The van der Waals surface area contributed by atoms with Gasteiger partial charge in [-0.25, -0.2) is 9.97 Å². The first-order valence-corrected chi connectivity index (χ1v) is 4.93. The van der Waals surface area contributed by atoms with E-state index >= 15 is 0 Å². The van der Waals surface area contributed by atoms with E-state index < -0.39 is 6.04 Å². The highest BCUT2D eigenvalue weighted by molar-refractivity contribution is 6.28. The molecule has 5 nitrogen and oxygen atoms in total. The van der Waals surface area contributed by atoms with Crippen molar-refractivity contribution < 1.29 is 4.79 Å². The Kier molecular flexibility index (Phi) is 3.99. The molecule has 0 bridgehead atoms. The zero-order chi connectivity index (χ0) is 11.4. The summed E-state index contributed by atoms with van der Waals surface area (Å²) in [5.74, 6) is 0.151. The molecule has 1 unspecified atom stereocenters. The number of nitrogens with two attached hydrogens (primary N) is 1. The Morgan fingerprint density at radius 2 is 2.27 bits per heavy atom. The first-order chi connectivity index (χ1) is 7.00. The SMILES string of the molecule is CC(C)C(N)C(=O)Nc1ccnc(Cl)n1. The first kappa shape index (κ1) is 11.9. The maximum atomic E-state index is 11.5. The molecule has 1 atom stereocenters. The molecule has 82 valence electrons. The Hall–Kier alpha value is -1.20.